The van der Waals surface area contributed by atoms with Gasteiger partial charge in [0.15, 0.2) is 0 Å². The van der Waals surface area contributed by atoms with Crippen molar-refractivity contribution in [2.24, 2.45) is 5.41 Å². The second-order valence-corrected chi connectivity index (χ2v) is 9.37. The molecular weight excluding hydrogens is 456 g/mol. The maximum absolute atomic E-state index is 13.3. The highest BCUT2D eigenvalue weighted by molar-refractivity contribution is 6.30. The predicted octanol–water partition coefficient (Wildman–Crippen LogP) is 2.60. The molecule has 1 aliphatic rings. The zero-order chi connectivity index (χ0) is 24.3. The molecule has 1 saturated carbocycles. The van der Waals surface area contributed by atoms with Gasteiger partial charge in [-0.25, -0.2) is 4.98 Å². The van der Waals surface area contributed by atoms with E-state index in [4.69, 9.17) is 11.6 Å². The van der Waals surface area contributed by atoms with Crippen LogP contribution in [0.5, 0.6) is 0 Å². The van der Waals surface area contributed by atoms with Crippen LogP contribution in [0.4, 0.5) is 0 Å². The van der Waals surface area contributed by atoms with Crippen molar-refractivity contribution >= 4 is 34.4 Å². The number of aliphatic hydroxyl groups is 1. The van der Waals surface area contributed by atoms with E-state index in [0.29, 0.717) is 22.6 Å². The van der Waals surface area contributed by atoms with Crippen molar-refractivity contribution in [1.82, 2.24) is 19.8 Å². The number of pyridine rings is 2. The Morgan fingerprint density at radius 3 is 2.62 bits per heavy atom. The third-order valence-electron chi connectivity index (χ3n) is 6.50. The number of likely N-dealkylation sites (N-methyl/N-ethyl adjacent to an activating group) is 1. The second-order valence-electron chi connectivity index (χ2n) is 8.94. The maximum atomic E-state index is 13.3. The van der Waals surface area contributed by atoms with Gasteiger partial charge in [0.1, 0.15) is 17.8 Å². The zero-order valence-electron chi connectivity index (χ0n) is 19.0. The van der Waals surface area contributed by atoms with Crippen molar-refractivity contribution in [3.8, 4) is 0 Å². The first-order valence-corrected chi connectivity index (χ1v) is 11.6. The van der Waals surface area contributed by atoms with Gasteiger partial charge in [-0.2, -0.15) is 0 Å². The Hall–Kier alpha value is -3.23. The van der Waals surface area contributed by atoms with Crippen LogP contribution in [0.3, 0.4) is 0 Å². The number of nitrogens with one attached hydrogen (secondary N) is 1. The maximum Gasteiger partial charge on any atom is 0.265 e. The van der Waals surface area contributed by atoms with Crippen LogP contribution in [-0.4, -0.2) is 51.6 Å². The van der Waals surface area contributed by atoms with E-state index in [1.165, 1.54) is 10.6 Å². The van der Waals surface area contributed by atoms with Crippen molar-refractivity contribution in [3.05, 3.63) is 75.2 Å². The molecule has 2 amide bonds. The Kier molecular flexibility index (Phi) is 7.00. The Morgan fingerprint density at radius 1 is 1.24 bits per heavy atom. The highest BCUT2D eigenvalue weighted by Gasteiger charge is 2.38. The van der Waals surface area contributed by atoms with Gasteiger partial charge in [-0.1, -0.05) is 30.2 Å². The van der Waals surface area contributed by atoms with Crippen LogP contribution in [0.25, 0.3) is 11.0 Å². The van der Waals surface area contributed by atoms with E-state index < -0.39 is 11.5 Å². The molecule has 0 saturated heterocycles. The van der Waals surface area contributed by atoms with Crippen molar-refractivity contribution in [3.63, 3.8) is 0 Å². The number of fused-ring (bicyclic) bond motifs is 1. The number of benzene rings is 1. The number of aromatic nitrogens is 2. The molecule has 9 heteroatoms. The fourth-order valence-electron chi connectivity index (χ4n) is 4.29. The van der Waals surface area contributed by atoms with Gasteiger partial charge in [-0.05, 0) is 48.7 Å². The van der Waals surface area contributed by atoms with E-state index in [9.17, 15) is 19.5 Å². The topological polar surface area (TPSA) is 105 Å². The molecule has 0 atom stereocenters. The number of amides is 2. The van der Waals surface area contributed by atoms with E-state index in [1.807, 2.05) is 0 Å². The summed E-state index contributed by atoms with van der Waals surface area (Å²) >= 11 is 5.90. The van der Waals surface area contributed by atoms with E-state index in [2.05, 4.69) is 10.3 Å². The molecule has 2 heterocycles. The lowest BCUT2D eigenvalue weighted by Crippen LogP contribution is -2.47. The summed E-state index contributed by atoms with van der Waals surface area (Å²) in [5.41, 5.74) is 0.270. The summed E-state index contributed by atoms with van der Waals surface area (Å²) in [6.45, 7) is 0.427. The van der Waals surface area contributed by atoms with Gasteiger partial charge in [0.05, 0.1) is 6.61 Å². The van der Waals surface area contributed by atoms with Crippen molar-refractivity contribution < 1.29 is 14.7 Å². The lowest BCUT2D eigenvalue weighted by Gasteiger charge is -2.42. The normalized spacial score (nSPS) is 14.4. The Labute approximate surface area is 202 Å². The van der Waals surface area contributed by atoms with Crippen LogP contribution in [0.2, 0.25) is 5.02 Å². The second kappa shape index (κ2) is 9.95. The van der Waals surface area contributed by atoms with Gasteiger partial charge >= 0.3 is 0 Å². The van der Waals surface area contributed by atoms with Gasteiger partial charge in [0.25, 0.3) is 11.5 Å². The molecule has 2 N–H and O–H groups in total. The highest BCUT2D eigenvalue weighted by Crippen LogP contribution is 2.40. The predicted molar refractivity (Wildman–Crippen MR) is 130 cm³/mol. The lowest BCUT2D eigenvalue weighted by molar-refractivity contribution is -0.133. The van der Waals surface area contributed by atoms with Crippen molar-refractivity contribution in [2.45, 2.75) is 32.4 Å². The lowest BCUT2D eigenvalue weighted by atomic mass is 9.69. The van der Waals surface area contributed by atoms with Crippen molar-refractivity contribution in [1.29, 1.82) is 0 Å². The first-order valence-electron chi connectivity index (χ1n) is 11.2. The zero-order valence-corrected chi connectivity index (χ0v) is 19.7. The average Bonchev–Trinajstić information content (AvgIpc) is 2.82. The summed E-state index contributed by atoms with van der Waals surface area (Å²) < 4.78 is 1.25. The average molecular weight is 483 g/mol. The van der Waals surface area contributed by atoms with E-state index in [-0.39, 0.29) is 36.6 Å². The number of aliphatic hydroxyl groups excluding tert-OH is 1. The molecule has 0 spiro atoms. The van der Waals surface area contributed by atoms with Gasteiger partial charge in [0, 0.05) is 42.2 Å². The van der Waals surface area contributed by atoms with Gasteiger partial charge in [-0.15, -0.1) is 0 Å². The van der Waals surface area contributed by atoms with Crippen molar-refractivity contribution in [2.75, 3.05) is 20.2 Å². The summed E-state index contributed by atoms with van der Waals surface area (Å²) in [4.78, 5) is 45.0. The highest BCUT2D eigenvalue weighted by atomic mass is 35.5. The largest absolute Gasteiger partial charge is 0.396 e. The van der Waals surface area contributed by atoms with Crippen LogP contribution < -0.4 is 10.9 Å². The van der Waals surface area contributed by atoms with E-state index in [1.54, 1.807) is 54.5 Å². The third kappa shape index (κ3) is 4.98. The van der Waals surface area contributed by atoms with Gasteiger partial charge < -0.3 is 15.3 Å². The standard InChI is InChI=1S/C25H27ClN4O4/c1-29(15-25(16-31)9-3-10-25)21(32)14-30-22-18(4-2-11-27-22)12-20(24(30)34)23(33)28-13-17-5-7-19(26)8-6-17/h2,4-8,11-12,31H,3,9-10,13-16H2,1H3,(H,28,33). The molecule has 0 radical (unpaired) electrons. The first-order chi connectivity index (χ1) is 16.3. The van der Waals surface area contributed by atoms with Crippen LogP contribution in [-0.2, 0) is 17.9 Å². The SMILES string of the molecule is CN(CC1(CO)CCC1)C(=O)Cn1c(=O)c(C(=O)NCc2ccc(Cl)cc2)cc2cccnc21. The molecule has 1 aliphatic carbocycles. The summed E-state index contributed by atoms with van der Waals surface area (Å²) in [5.74, 6) is -0.818. The van der Waals surface area contributed by atoms with E-state index >= 15 is 0 Å². The van der Waals surface area contributed by atoms with Gasteiger partial charge in [-0.3, -0.25) is 19.0 Å². The molecule has 178 valence electrons. The molecule has 34 heavy (non-hydrogen) atoms. The summed E-state index contributed by atoms with van der Waals surface area (Å²) in [6.07, 6.45) is 4.31. The van der Waals surface area contributed by atoms with Crippen LogP contribution in [0.1, 0.15) is 35.2 Å². The van der Waals surface area contributed by atoms with Crippen LogP contribution in [0, 0.1) is 5.41 Å². The number of hydrogen-bond donors (Lipinski definition) is 2. The Balaban J connectivity index is 1.58. The third-order valence-corrected chi connectivity index (χ3v) is 6.75. The minimum atomic E-state index is -0.581. The molecule has 0 aliphatic heterocycles. The van der Waals surface area contributed by atoms with Gasteiger partial charge in [0.2, 0.25) is 5.91 Å². The number of nitrogens with zero attached hydrogens (tertiary/aromatic N) is 3. The molecule has 0 bridgehead atoms. The molecule has 1 aromatic carbocycles. The summed E-state index contributed by atoms with van der Waals surface area (Å²) in [5, 5.41) is 13.7. The molecule has 8 nitrogen and oxygen atoms in total. The monoisotopic (exact) mass is 482 g/mol. The fraction of sp³-hybridized carbons (Fsp3) is 0.360. The summed E-state index contributed by atoms with van der Waals surface area (Å²) in [6, 6.07) is 12.0. The fourth-order valence-corrected chi connectivity index (χ4v) is 4.41. The molecule has 2 aromatic heterocycles. The molecule has 0 unspecified atom stereocenters. The minimum Gasteiger partial charge on any atom is -0.396 e. The molecular formula is C25H27ClN4O4. The molecule has 3 aromatic rings. The molecule has 4 rings (SSSR count). The first kappa shape index (κ1) is 23.9. The van der Waals surface area contributed by atoms with E-state index in [0.717, 1.165) is 24.8 Å². The number of carbonyl (C=O) groups is 2. The Bertz CT molecular complexity index is 1260. The quantitative estimate of drug-likeness (QED) is 0.513. The minimum absolute atomic E-state index is 0.0261. The number of halogens is 1. The Morgan fingerprint density at radius 2 is 1.97 bits per heavy atom. The number of rotatable bonds is 8. The smallest absolute Gasteiger partial charge is 0.265 e. The van der Waals surface area contributed by atoms with Crippen LogP contribution >= 0.6 is 11.6 Å². The number of hydrogen-bond acceptors (Lipinski definition) is 5. The summed E-state index contributed by atoms with van der Waals surface area (Å²) in [7, 11) is 1.67. The van der Waals surface area contributed by atoms with Crippen LogP contribution in [0.15, 0.2) is 53.5 Å². The molecule has 1 fully saturated rings. The number of carbonyl (C=O) groups excluding carboxylic acids is 2.